The van der Waals surface area contributed by atoms with Gasteiger partial charge in [0.2, 0.25) is 0 Å². The molecule has 1 aromatic carbocycles. The fourth-order valence-corrected chi connectivity index (χ4v) is 1.34. The van der Waals surface area contributed by atoms with Crippen LogP contribution in [0.2, 0.25) is 0 Å². The smallest absolute Gasteiger partial charge is 0.251 e. The van der Waals surface area contributed by atoms with E-state index in [4.69, 9.17) is 10.2 Å². The van der Waals surface area contributed by atoms with Crippen LogP contribution in [-0.4, -0.2) is 33.9 Å². The van der Waals surface area contributed by atoms with Crippen LogP contribution in [0.5, 0.6) is 11.5 Å². The maximum Gasteiger partial charge on any atom is 0.251 e. The van der Waals surface area contributed by atoms with Gasteiger partial charge in [0.1, 0.15) is 0 Å². The number of aromatic hydroxyl groups is 2. The summed E-state index contributed by atoms with van der Waals surface area (Å²) in [5, 5.41) is 30.1. The molecule has 1 rings (SSSR count). The monoisotopic (exact) mass is 239 g/mol. The number of hydrogen-bond acceptors (Lipinski definition) is 4. The van der Waals surface area contributed by atoms with Gasteiger partial charge in [0.05, 0.1) is 12.6 Å². The number of rotatable bonds is 4. The molecule has 0 aliphatic heterocycles. The van der Waals surface area contributed by atoms with Crippen LogP contribution in [0.4, 0.5) is 0 Å². The van der Waals surface area contributed by atoms with Gasteiger partial charge in [-0.15, -0.1) is 0 Å². The number of aliphatic hydroxyl groups is 1. The van der Waals surface area contributed by atoms with Gasteiger partial charge in [-0.2, -0.15) is 0 Å². The Morgan fingerprint density at radius 1 is 1.29 bits per heavy atom. The molecule has 94 valence electrons. The van der Waals surface area contributed by atoms with E-state index in [9.17, 15) is 9.90 Å². The van der Waals surface area contributed by atoms with Gasteiger partial charge in [0, 0.05) is 5.56 Å². The first kappa shape index (κ1) is 13.3. The highest BCUT2D eigenvalue weighted by Crippen LogP contribution is 2.24. The van der Waals surface area contributed by atoms with E-state index >= 15 is 0 Å². The van der Waals surface area contributed by atoms with Crippen LogP contribution in [0.1, 0.15) is 24.2 Å². The Morgan fingerprint density at radius 2 is 1.94 bits per heavy atom. The highest BCUT2D eigenvalue weighted by molar-refractivity contribution is 5.95. The Labute approximate surface area is 99.7 Å². The molecule has 0 heterocycles. The summed E-state index contributed by atoms with van der Waals surface area (Å²) in [5.41, 5.74) is 0.236. The number of phenolic OH excluding ortho intramolecular Hbond substituents is 2. The van der Waals surface area contributed by atoms with Gasteiger partial charge in [0.25, 0.3) is 5.91 Å². The van der Waals surface area contributed by atoms with Crippen molar-refractivity contribution < 1.29 is 20.1 Å². The molecule has 17 heavy (non-hydrogen) atoms. The molecule has 5 heteroatoms. The van der Waals surface area contributed by atoms with Gasteiger partial charge < -0.3 is 20.6 Å². The molecule has 0 saturated carbocycles. The molecular formula is C12H17NO4. The van der Waals surface area contributed by atoms with Gasteiger partial charge >= 0.3 is 0 Å². The average molecular weight is 239 g/mol. The summed E-state index contributed by atoms with van der Waals surface area (Å²) in [7, 11) is 0. The number of carbonyl (C=O) groups excluding carboxylic acids is 1. The standard InChI is InChI=1S/C12H17NO4/c1-7(2)9(6-14)13-12(17)8-3-4-10(15)11(16)5-8/h3-5,7,9,14-16H,6H2,1-2H3,(H,13,17). The third-order valence-corrected chi connectivity index (χ3v) is 2.56. The number of aliphatic hydroxyl groups excluding tert-OH is 1. The van der Waals surface area contributed by atoms with Crippen molar-refractivity contribution in [2.24, 2.45) is 5.92 Å². The van der Waals surface area contributed by atoms with Gasteiger partial charge in [0.15, 0.2) is 11.5 Å². The zero-order valence-corrected chi connectivity index (χ0v) is 9.84. The molecule has 5 nitrogen and oxygen atoms in total. The minimum Gasteiger partial charge on any atom is -0.504 e. The van der Waals surface area contributed by atoms with Crippen molar-refractivity contribution in [1.82, 2.24) is 5.32 Å². The van der Waals surface area contributed by atoms with Crippen molar-refractivity contribution in [2.75, 3.05) is 6.61 Å². The first-order valence-electron chi connectivity index (χ1n) is 5.39. The van der Waals surface area contributed by atoms with Gasteiger partial charge in [-0.25, -0.2) is 0 Å². The van der Waals surface area contributed by atoms with Crippen LogP contribution >= 0.6 is 0 Å². The molecule has 1 unspecified atom stereocenters. The van der Waals surface area contributed by atoms with Gasteiger partial charge in [-0.3, -0.25) is 4.79 Å². The van der Waals surface area contributed by atoms with E-state index in [0.29, 0.717) is 0 Å². The fraction of sp³-hybridized carbons (Fsp3) is 0.417. The second-order valence-corrected chi connectivity index (χ2v) is 4.21. The molecule has 0 fully saturated rings. The van der Waals surface area contributed by atoms with Crippen LogP contribution in [0.15, 0.2) is 18.2 Å². The fourth-order valence-electron chi connectivity index (χ4n) is 1.34. The number of carbonyl (C=O) groups is 1. The first-order chi connectivity index (χ1) is 7.95. The van der Waals surface area contributed by atoms with Crippen molar-refractivity contribution in [3.8, 4) is 11.5 Å². The molecule has 1 amide bonds. The van der Waals surface area contributed by atoms with Crippen molar-refractivity contribution in [1.29, 1.82) is 0 Å². The molecule has 0 spiro atoms. The van der Waals surface area contributed by atoms with Crippen molar-refractivity contribution >= 4 is 5.91 Å². The SMILES string of the molecule is CC(C)C(CO)NC(=O)c1ccc(O)c(O)c1. The summed E-state index contributed by atoms with van der Waals surface area (Å²) >= 11 is 0. The summed E-state index contributed by atoms with van der Waals surface area (Å²) in [4.78, 5) is 11.8. The first-order valence-corrected chi connectivity index (χ1v) is 5.39. The highest BCUT2D eigenvalue weighted by Gasteiger charge is 2.16. The number of hydrogen-bond donors (Lipinski definition) is 4. The van der Waals surface area contributed by atoms with Crippen molar-refractivity contribution in [3.05, 3.63) is 23.8 Å². The molecule has 4 N–H and O–H groups in total. The predicted octanol–water partition coefficient (Wildman–Crippen LogP) is 0.844. The molecule has 0 aliphatic rings. The van der Waals surface area contributed by atoms with E-state index < -0.39 is 5.91 Å². The molecule has 0 saturated heterocycles. The largest absolute Gasteiger partial charge is 0.504 e. The van der Waals surface area contributed by atoms with E-state index in [-0.39, 0.29) is 35.6 Å². The summed E-state index contributed by atoms with van der Waals surface area (Å²) in [6.07, 6.45) is 0. The average Bonchev–Trinajstić information content (AvgIpc) is 2.28. The van der Waals surface area contributed by atoms with Gasteiger partial charge in [-0.05, 0) is 24.1 Å². The Bertz CT molecular complexity index is 403. The lowest BCUT2D eigenvalue weighted by Crippen LogP contribution is -2.41. The minimum absolute atomic E-state index is 0.106. The number of phenols is 2. The maximum atomic E-state index is 11.8. The minimum atomic E-state index is -0.395. The molecule has 0 radical (unpaired) electrons. The molecular weight excluding hydrogens is 222 g/mol. The van der Waals surface area contributed by atoms with Crippen LogP contribution in [0, 0.1) is 5.92 Å². The topological polar surface area (TPSA) is 89.8 Å². The maximum absolute atomic E-state index is 11.8. The van der Waals surface area contributed by atoms with Crippen LogP contribution in [-0.2, 0) is 0 Å². The highest BCUT2D eigenvalue weighted by atomic mass is 16.3. The van der Waals surface area contributed by atoms with E-state index in [2.05, 4.69) is 5.32 Å². The lowest BCUT2D eigenvalue weighted by atomic mass is 10.0. The van der Waals surface area contributed by atoms with Crippen LogP contribution < -0.4 is 5.32 Å². The number of nitrogens with one attached hydrogen (secondary N) is 1. The summed E-state index contributed by atoms with van der Waals surface area (Å²) < 4.78 is 0. The normalized spacial score (nSPS) is 12.5. The van der Waals surface area contributed by atoms with E-state index in [0.717, 1.165) is 0 Å². The second kappa shape index (κ2) is 5.54. The Balaban J connectivity index is 2.79. The van der Waals surface area contributed by atoms with E-state index in [1.54, 1.807) is 0 Å². The van der Waals surface area contributed by atoms with E-state index in [1.165, 1.54) is 18.2 Å². The summed E-state index contributed by atoms with van der Waals surface area (Å²) in [6, 6.07) is 3.49. The lowest BCUT2D eigenvalue weighted by Gasteiger charge is -2.19. The van der Waals surface area contributed by atoms with Crippen molar-refractivity contribution in [2.45, 2.75) is 19.9 Å². The second-order valence-electron chi connectivity index (χ2n) is 4.21. The molecule has 1 aromatic rings. The Morgan fingerprint density at radius 3 is 2.41 bits per heavy atom. The predicted molar refractivity (Wildman–Crippen MR) is 62.9 cm³/mol. The molecule has 1 atom stereocenters. The lowest BCUT2D eigenvalue weighted by molar-refractivity contribution is 0.0896. The summed E-state index contributed by atoms with van der Waals surface area (Å²) in [5.74, 6) is -0.908. The molecule has 0 aromatic heterocycles. The number of benzene rings is 1. The number of amides is 1. The molecule has 0 bridgehead atoms. The zero-order valence-electron chi connectivity index (χ0n) is 9.84. The third kappa shape index (κ3) is 3.35. The quantitative estimate of drug-likeness (QED) is 0.586. The third-order valence-electron chi connectivity index (χ3n) is 2.56. The Kier molecular flexibility index (Phi) is 4.34. The van der Waals surface area contributed by atoms with Crippen LogP contribution in [0.3, 0.4) is 0 Å². The van der Waals surface area contributed by atoms with E-state index in [1.807, 2.05) is 13.8 Å². The van der Waals surface area contributed by atoms with Crippen molar-refractivity contribution in [3.63, 3.8) is 0 Å². The molecule has 0 aliphatic carbocycles. The Hall–Kier alpha value is -1.75. The van der Waals surface area contributed by atoms with Gasteiger partial charge in [-0.1, -0.05) is 13.8 Å². The zero-order chi connectivity index (χ0) is 13.0. The summed E-state index contributed by atoms with van der Waals surface area (Å²) in [6.45, 7) is 3.62. The van der Waals surface area contributed by atoms with Crippen LogP contribution in [0.25, 0.3) is 0 Å².